The molecule has 1 aliphatic rings. The maximum atomic E-state index is 12.7. The fourth-order valence-electron chi connectivity index (χ4n) is 3.78. The van der Waals surface area contributed by atoms with Gasteiger partial charge in [-0.1, -0.05) is 24.3 Å². The van der Waals surface area contributed by atoms with E-state index in [2.05, 4.69) is 29.6 Å². The quantitative estimate of drug-likeness (QED) is 0.715. The number of hydrogen-bond acceptors (Lipinski definition) is 4. The van der Waals surface area contributed by atoms with Gasteiger partial charge in [-0.05, 0) is 24.8 Å². The first-order valence-electron chi connectivity index (χ1n) is 10.1. The summed E-state index contributed by atoms with van der Waals surface area (Å²) in [4.78, 5) is 14.4. The van der Waals surface area contributed by atoms with Crippen LogP contribution in [0.15, 0.2) is 36.4 Å². The predicted molar refractivity (Wildman–Crippen MR) is 112 cm³/mol. The van der Waals surface area contributed by atoms with Crippen molar-refractivity contribution in [3.05, 3.63) is 53.1 Å². The highest BCUT2D eigenvalue weighted by Crippen LogP contribution is 2.34. The van der Waals surface area contributed by atoms with Gasteiger partial charge < -0.3 is 24.4 Å². The molecule has 0 radical (unpaired) electrons. The van der Waals surface area contributed by atoms with Crippen molar-refractivity contribution >= 4 is 5.91 Å². The molecule has 0 bridgehead atoms. The Morgan fingerprint density at radius 3 is 2.07 bits per heavy atom. The number of piperidine rings is 1. The minimum absolute atomic E-state index is 0.218. The monoisotopic (exact) mass is 399 g/mol. The van der Waals surface area contributed by atoms with Crippen LogP contribution in [0.4, 0.5) is 0 Å². The first kappa shape index (κ1) is 21.0. The average molecular weight is 400 g/mol. The van der Waals surface area contributed by atoms with Crippen LogP contribution >= 0.6 is 0 Å². The molecule has 0 unspecified atom stereocenters. The summed E-state index contributed by atoms with van der Waals surface area (Å²) >= 11 is 0. The summed E-state index contributed by atoms with van der Waals surface area (Å²) in [5.41, 5.74) is 2.82. The standard InChI is InChI=1S/C23H30N2O4/c1-27-20-14-22(29-3)21(28-2)13-19(20)23(26)24-15-17-7-9-18(10-8-17)16-25-11-5-4-6-12-25/h7-10,13-14H,4-6,11-12,15-16H2,1-3H3,(H,24,26)/p+1. The molecule has 1 fully saturated rings. The Hall–Kier alpha value is -2.73. The maximum absolute atomic E-state index is 12.7. The van der Waals surface area contributed by atoms with E-state index in [0.29, 0.717) is 29.4 Å². The number of hydrogen-bond donors (Lipinski definition) is 2. The van der Waals surface area contributed by atoms with E-state index in [4.69, 9.17) is 14.2 Å². The Bertz CT molecular complexity index is 814. The van der Waals surface area contributed by atoms with Crippen LogP contribution in [0.3, 0.4) is 0 Å². The molecule has 29 heavy (non-hydrogen) atoms. The number of methoxy groups -OCH3 is 3. The van der Waals surface area contributed by atoms with E-state index in [0.717, 1.165) is 12.1 Å². The Labute approximate surface area is 172 Å². The van der Waals surface area contributed by atoms with Crippen LogP contribution in [0.2, 0.25) is 0 Å². The zero-order chi connectivity index (χ0) is 20.6. The molecule has 156 valence electrons. The van der Waals surface area contributed by atoms with Crippen LogP contribution in [0.5, 0.6) is 17.2 Å². The number of amides is 1. The third kappa shape index (κ3) is 5.41. The van der Waals surface area contributed by atoms with Gasteiger partial charge in [0.05, 0.1) is 40.0 Å². The summed E-state index contributed by atoms with van der Waals surface area (Å²) in [7, 11) is 4.62. The molecular formula is C23H31N2O4+. The average Bonchev–Trinajstić information content (AvgIpc) is 2.78. The van der Waals surface area contributed by atoms with Crippen molar-refractivity contribution in [3.8, 4) is 17.2 Å². The Kier molecular flexibility index (Phi) is 7.36. The summed E-state index contributed by atoms with van der Waals surface area (Å²) < 4.78 is 15.9. The van der Waals surface area contributed by atoms with Crippen molar-refractivity contribution in [1.82, 2.24) is 5.32 Å². The van der Waals surface area contributed by atoms with Crippen molar-refractivity contribution in [2.24, 2.45) is 0 Å². The summed E-state index contributed by atoms with van der Waals surface area (Å²) in [6.45, 7) is 4.07. The van der Waals surface area contributed by atoms with Gasteiger partial charge in [0.15, 0.2) is 11.5 Å². The Morgan fingerprint density at radius 2 is 1.45 bits per heavy atom. The van der Waals surface area contributed by atoms with Gasteiger partial charge in [0.25, 0.3) is 5.91 Å². The lowest BCUT2D eigenvalue weighted by Gasteiger charge is -2.23. The fraction of sp³-hybridized carbons (Fsp3) is 0.435. The van der Waals surface area contributed by atoms with Gasteiger partial charge in [-0.25, -0.2) is 0 Å². The van der Waals surface area contributed by atoms with E-state index in [9.17, 15) is 4.79 Å². The lowest BCUT2D eigenvalue weighted by molar-refractivity contribution is -0.918. The van der Waals surface area contributed by atoms with E-state index in [1.54, 1.807) is 31.3 Å². The van der Waals surface area contributed by atoms with Gasteiger partial charge in [0, 0.05) is 24.2 Å². The van der Waals surface area contributed by atoms with Gasteiger partial charge >= 0.3 is 0 Å². The van der Waals surface area contributed by atoms with Gasteiger partial charge in [-0.2, -0.15) is 0 Å². The second kappa shape index (κ2) is 10.2. The van der Waals surface area contributed by atoms with Crippen molar-refractivity contribution in [3.63, 3.8) is 0 Å². The number of rotatable bonds is 8. The minimum atomic E-state index is -0.218. The smallest absolute Gasteiger partial charge is 0.255 e. The normalized spacial score (nSPS) is 14.3. The number of quaternary nitrogens is 1. The third-order valence-electron chi connectivity index (χ3n) is 5.44. The zero-order valence-electron chi connectivity index (χ0n) is 17.5. The molecule has 6 nitrogen and oxygen atoms in total. The highest BCUT2D eigenvalue weighted by molar-refractivity contribution is 5.97. The molecule has 6 heteroatoms. The molecule has 0 atom stereocenters. The van der Waals surface area contributed by atoms with Gasteiger partial charge in [-0.15, -0.1) is 0 Å². The number of likely N-dealkylation sites (tertiary alicyclic amines) is 1. The second-order valence-corrected chi connectivity index (χ2v) is 7.39. The van der Waals surface area contributed by atoms with Crippen molar-refractivity contribution < 1.29 is 23.9 Å². The summed E-state index contributed by atoms with van der Waals surface area (Å²) in [6.07, 6.45) is 4.03. The zero-order valence-corrected chi connectivity index (χ0v) is 17.5. The predicted octanol–water partition coefficient (Wildman–Crippen LogP) is 2.21. The topological polar surface area (TPSA) is 61.2 Å². The van der Waals surface area contributed by atoms with Crippen LogP contribution in [0.1, 0.15) is 40.7 Å². The van der Waals surface area contributed by atoms with Crippen molar-refractivity contribution in [2.75, 3.05) is 34.4 Å². The van der Waals surface area contributed by atoms with E-state index in [1.165, 1.54) is 45.0 Å². The van der Waals surface area contributed by atoms with Crippen LogP contribution < -0.4 is 24.4 Å². The van der Waals surface area contributed by atoms with Crippen molar-refractivity contribution in [1.29, 1.82) is 0 Å². The molecule has 1 heterocycles. The number of carbonyl (C=O) groups is 1. The van der Waals surface area contributed by atoms with E-state index >= 15 is 0 Å². The molecule has 2 aromatic carbocycles. The number of carbonyl (C=O) groups excluding carboxylic acids is 1. The first-order chi connectivity index (χ1) is 14.1. The lowest BCUT2D eigenvalue weighted by Crippen LogP contribution is -3.11. The highest BCUT2D eigenvalue weighted by atomic mass is 16.5. The van der Waals surface area contributed by atoms with Gasteiger partial charge in [0.1, 0.15) is 12.3 Å². The lowest BCUT2D eigenvalue weighted by atomic mass is 10.1. The largest absolute Gasteiger partial charge is 0.496 e. The molecule has 1 amide bonds. The van der Waals surface area contributed by atoms with Crippen molar-refractivity contribution in [2.45, 2.75) is 32.4 Å². The highest BCUT2D eigenvalue weighted by Gasteiger charge is 2.18. The van der Waals surface area contributed by atoms with Crippen LogP contribution in [-0.4, -0.2) is 40.3 Å². The molecule has 2 aromatic rings. The number of nitrogens with one attached hydrogen (secondary N) is 2. The van der Waals surface area contributed by atoms with Crippen LogP contribution in [0, 0.1) is 0 Å². The molecule has 2 N–H and O–H groups in total. The molecule has 1 saturated heterocycles. The molecule has 1 aliphatic heterocycles. The van der Waals surface area contributed by atoms with Gasteiger partial charge in [-0.3, -0.25) is 4.79 Å². The number of benzene rings is 2. The number of ether oxygens (including phenoxy) is 3. The van der Waals surface area contributed by atoms with E-state index in [1.807, 2.05) is 0 Å². The summed E-state index contributed by atoms with van der Waals surface area (Å²) in [5.74, 6) is 1.24. The molecule has 0 saturated carbocycles. The second-order valence-electron chi connectivity index (χ2n) is 7.39. The first-order valence-corrected chi connectivity index (χ1v) is 10.1. The van der Waals surface area contributed by atoms with Crippen LogP contribution in [0.25, 0.3) is 0 Å². The molecule has 0 aliphatic carbocycles. The molecule has 0 aromatic heterocycles. The van der Waals surface area contributed by atoms with E-state index in [-0.39, 0.29) is 5.91 Å². The SMILES string of the molecule is COc1cc(OC)c(C(=O)NCc2ccc(C[NH+]3CCCCC3)cc2)cc1OC. The molecule has 0 spiro atoms. The summed E-state index contributed by atoms with van der Waals surface area (Å²) in [6, 6.07) is 11.8. The minimum Gasteiger partial charge on any atom is -0.496 e. The molecular weight excluding hydrogens is 368 g/mol. The van der Waals surface area contributed by atoms with Gasteiger partial charge in [0.2, 0.25) is 0 Å². The maximum Gasteiger partial charge on any atom is 0.255 e. The Morgan fingerprint density at radius 1 is 0.862 bits per heavy atom. The van der Waals surface area contributed by atoms with Crippen LogP contribution in [-0.2, 0) is 13.1 Å². The third-order valence-corrected chi connectivity index (χ3v) is 5.44. The molecule has 3 rings (SSSR count). The van der Waals surface area contributed by atoms with E-state index < -0.39 is 0 Å². The Balaban J connectivity index is 1.61. The summed E-state index contributed by atoms with van der Waals surface area (Å²) in [5, 5.41) is 2.96. The fourth-order valence-corrected chi connectivity index (χ4v) is 3.78.